The van der Waals surface area contributed by atoms with Crippen molar-refractivity contribution in [3.63, 3.8) is 0 Å². The molecule has 0 aromatic heterocycles. The van der Waals surface area contributed by atoms with Crippen molar-refractivity contribution in [1.29, 1.82) is 0 Å². The Bertz CT molecular complexity index is 1120. The third kappa shape index (κ3) is 7.48. The summed E-state index contributed by atoms with van der Waals surface area (Å²) in [6.07, 6.45) is -2.44. The predicted molar refractivity (Wildman–Crippen MR) is 123 cm³/mol. The number of aliphatic hydroxyl groups excluding tert-OH is 1. The average molecular weight is 490 g/mol. The number of ether oxygens (including phenoxy) is 1. The van der Waals surface area contributed by atoms with Gasteiger partial charge in [-0.2, -0.15) is 13.2 Å². The molecule has 0 saturated carbocycles. The summed E-state index contributed by atoms with van der Waals surface area (Å²) in [5, 5.41) is 20.7. The van der Waals surface area contributed by atoms with Gasteiger partial charge in [-0.3, -0.25) is 4.79 Å². The standard InChI is InChI=1S/C25H22F3NO4S/c26-25(27,28)19-6-10-21(11-7-19)34-22-3-1-2-17(14-22)16-33-20-8-4-18(5-9-20)23(15-24(31)32)29-12-13-30/h1-14,23,29-30H,15-16H2,(H,31,32)/b13-12-. The second kappa shape index (κ2) is 11.5. The van der Waals surface area contributed by atoms with Crippen molar-refractivity contribution in [2.75, 3.05) is 0 Å². The van der Waals surface area contributed by atoms with Crippen LogP contribution in [0.5, 0.6) is 5.75 Å². The molecule has 3 aromatic rings. The van der Waals surface area contributed by atoms with Crippen LogP contribution < -0.4 is 10.1 Å². The fourth-order valence-electron chi connectivity index (χ4n) is 3.12. The molecule has 3 aromatic carbocycles. The fraction of sp³-hybridized carbons (Fsp3) is 0.160. The van der Waals surface area contributed by atoms with Gasteiger partial charge in [0, 0.05) is 16.0 Å². The molecule has 0 fully saturated rings. The molecule has 1 unspecified atom stereocenters. The number of halogens is 3. The van der Waals surface area contributed by atoms with Gasteiger partial charge in [-0.1, -0.05) is 36.0 Å². The molecule has 5 nitrogen and oxygen atoms in total. The summed E-state index contributed by atoms with van der Waals surface area (Å²) in [7, 11) is 0. The van der Waals surface area contributed by atoms with Crippen LogP contribution in [0.4, 0.5) is 13.2 Å². The van der Waals surface area contributed by atoms with Gasteiger partial charge in [-0.15, -0.1) is 0 Å². The Morgan fingerprint density at radius 2 is 1.74 bits per heavy atom. The van der Waals surface area contributed by atoms with Gasteiger partial charge in [0.05, 0.1) is 24.3 Å². The Hall–Kier alpha value is -3.59. The van der Waals surface area contributed by atoms with Crippen molar-refractivity contribution in [2.45, 2.75) is 35.0 Å². The van der Waals surface area contributed by atoms with Crippen LogP contribution in [0, 0.1) is 0 Å². The maximum Gasteiger partial charge on any atom is 0.416 e. The van der Waals surface area contributed by atoms with Gasteiger partial charge < -0.3 is 20.3 Å². The van der Waals surface area contributed by atoms with Gasteiger partial charge in [0.15, 0.2) is 0 Å². The number of benzene rings is 3. The highest BCUT2D eigenvalue weighted by atomic mass is 32.2. The Balaban J connectivity index is 1.60. The smallest absolute Gasteiger partial charge is 0.416 e. The molecule has 9 heteroatoms. The summed E-state index contributed by atoms with van der Waals surface area (Å²) >= 11 is 1.36. The third-order valence-electron chi connectivity index (χ3n) is 4.75. The molecule has 3 N–H and O–H groups in total. The molecule has 0 amide bonds. The van der Waals surface area contributed by atoms with E-state index in [0.29, 0.717) is 10.6 Å². The summed E-state index contributed by atoms with van der Waals surface area (Å²) in [4.78, 5) is 12.6. The maximum atomic E-state index is 12.7. The van der Waals surface area contributed by atoms with Crippen LogP contribution in [0.1, 0.15) is 29.2 Å². The van der Waals surface area contributed by atoms with E-state index in [0.717, 1.165) is 34.4 Å². The zero-order chi connectivity index (χ0) is 24.6. The van der Waals surface area contributed by atoms with Crippen LogP contribution in [0.25, 0.3) is 0 Å². The number of carbonyl (C=O) groups is 1. The Morgan fingerprint density at radius 3 is 2.35 bits per heavy atom. The SMILES string of the molecule is O=C(O)CC(N/C=C\O)c1ccc(OCc2cccc(Sc3ccc(C(F)(F)F)cc3)c2)cc1. The Kier molecular flexibility index (Phi) is 8.48. The van der Waals surface area contributed by atoms with Gasteiger partial charge in [-0.05, 0) is 59.7 Å². The second-order valence-electron chi connectivity index (χ2n) is 7.26. The molecule has 0 aliphatic heterocycles. The van der Waals surface area contributed by atoms with Crippen molar-refractivity contribution in [3.8, 4) is 5.75 Å². The van der Waals surface area contributed by atoms with Crippen molar-refractivity contribution in [3.05, 3.63) is 102 Å². The summed E-state index contributed by atoms with van der Waals surface area (Å²) in [6, 6.07) is 19.0. The highest BCUT2D eigenvalue weighted by Crippen LogP contribution is 2.33. The number of rotatable bonds is 10. The van der Waals surface area contributed by atoms with Crippen LogP contribution in [-0.4, -0.2) is 16.2 Å². The van der Waals surface area contributed by atoms with E-state index in [2.05, 4.69) is 5.32 Å². The summed E-state index contributed by atoms with van der Waals surface area (Å²) in [5.74, 6) is -0.380. The molecule has 0 heterocycles. The van der Waals surface area contributed by atoms with Crippen molar-refractivity contribution in [1.82, 2.24) is 5.32 Å². The normalized spacial score (nSPS) is 12.4. The molecule has 1 atom stereocenters. The molecule has 178 valence electrons. The second-order valence-corrected chi connectivity index (χ2v) is 8.41. The number of aliphatic hydroxyl groups is 1. The quantitative estimate of drug-likeness (QED) is 0.280. The minimum atomic E-state index is -4.36. The first-order chi connectivity index (χ1) is 16.2. The molecule has 0 aliphatic rings. The molecule has 0 aliphatic carbocycles. The van der Waals surface area contributed by atoms with Gasteiger partial charge in [0.2, 0.25) is 0 Å². The number of nitrogens with one attached hydrogen (secondary N) is 1. The number of carboxylic acid groups (broad SMARTS) is 1. The maximum absolute atomic E-state index is 12.7. The lowest BCUT2D eigenvalue weighted by atomic mass is 10.0. The zero-order valence-corrected chi connectivity index (χ0v) is 18.6. The first-order valence-electron chi connectivity index (χ1n) is 10.2. The van der Waals surface area contributed by atoms with Gasteiger partial charge in [0.25, 0.3) is 0 Å². The van der Waals surface area contributed by atoms with E-state index in [9.17, 15) is 18.0 Å². The van der Waals surface area contributed by atoms with E-state index in [-0.39, 0.29) is 13.0 Å². The number of alkyl halides is 3. The molecular formula is C25H22F3NO4S. The van der Waals surface area contributed by atoms with Crippen LogP contribution in [0.2, 0.25) is 0 Å². The molecule has 0 bridgehead atoms. The van der Waals surface area contributed by atoms with E-state index in [1.165, 1.54) is 30.1 Å². The predicted octanol–water partition coefficient (Wildman–Crippen LogP) is 6.57. The lowest BCUT2D eigenvalue weighted by molar-refractivity contribution is -0.138. The zero-order valence-electron chi connectivity index (χ0n) is 17.8. The summed E-state index contributed by atoms with van der Waals surface area (Å²) < 4.78 is 44.0. The summed E-state index contributed by atoms with van der Waals surface area (Å²) in [6.45, 7) is 0.283. The Labute approximate surface area is 198 Å². The van der Waals surface area contributed by atoms with Crippen LogP contribution >= 0.6 is 11.8 Å². The molecule has 0 radical (unpaired) electrons. The van der Waals surface area contributed by atoms with Gasteiger partial charge in [-0.25, -0.2) is 0 Å². The monoisotopic (exact) mass is 489 g/mol. The topological polar surface area (TPSA) is 78.8 Å². The lowest BCUT2D eigenvalue weighted by Gasteiger charge is -2.16. The van der Waals surface area contributed by atoms with E-state index >= 15 is 0 Å². The van der Waals surface area contributed by atoms with E-state index < -0.39 is 23.8 Å². The van der Waals surface area contributed by atoms with E-state index in [1.807, 2.05) is 24.3 Å². The van der Waals surface area contributed by atoms with Crippen LogP contribution in [-0.2, 0) is 17.6 Å². The van der Waals surface area contributed by atoms with Crippen molar-refractivity contribution in [2.24, 2.45) is 0 Å². The first kappa shape index (κ1) is 25.0. The molecule has 3 rings (SSSR count). The lowest BCUT2D eigenvalue weighted by Crippen LogP contribution is -2.19. The molecule has 0 spiro atoms. The van der Waals surface area contributed by atoms with Crippen molar-refractivity contribution < 1.29 is 32.9 Å². The van der Waals surface area contributed by atoms with Crippen LogP contribution in [0.3, 0.4) is 0 Å². The highest BCUT2D eigenvalue weighted by Gasteiger charge is 2.29. The molecule has 0 saturated heterocycles. The van der Waals surface area contributed by atoms with E-state index in [4.69, 9.17) is 14.9 Å². The van der Waals surface area contributed by atoms with Crippen LogP contribution in [0.15, 0.2) is 95.0 Å². The molecular weight excluding hydrogens is 467 g/mol. The highest BCUT2D eigenvalue weighted by molar-refractivity contribution is 7.99. The number of hydrogen-bond acceptors (Lipinski definition) is 5. The first-order valence-corrected chi connectivity index (χ1v) is 11.0. The van der Waals surface area contributed by atoms with Gasteiger partial charge >= 0.3 is 12.1 Å². The minimum Gasteiger partial charge on any atom is -0.514 e. The van der Waals surface area contributed by atoms with E-state index in [1.54, 1.807) is 24.3 Å². The number of hydrogen-bond donors (Lipinski definition) is 3. The van der Waals surface area contributed by atoms with Gasteiger partial charge in [0.1, 0.15) is 12.4 Å². The third-order valence-corrected chi connectivity index (χ3v) is 5.75. The summed E-state index contributed by atoms with van der Waals surface area (Å²) in [5.41, 5.74) is 0.933. The number of carboxylic acids is 1. The average Bonchev–Trinajstić information content (AvgIpc) is 2.81. The van der Waals surface area contributed by atoms with Crippen molar-refractivity contribution >= 4 is 17.7 Å². The molecule has 34 heavy (non-hydrogen) atoms. The fourth-order valence-corrected chi connectivity index (χ4v) is 4.02. The largest absolute Gasteiger partial charge is 0.514 e. The minimum absolute atomic E-state index is 0.159. The Morgan fingerprint density at radius 1 is 1.03 bits per heavy atom. The number of aliphatic carboxylic acids is 1.